The summed E-state index contributed by atoms with van der Waals surface area (Å²) in [6.45, 7) is 8.46. The molecular weight excluding hydrogens is 480 g/mol. The molecule has 0 aliphatic carbocycles. The van der Waals surface area contributed by atoms with Crippen molar-refractivity contribution in [1.29, 1.82) is 0 Å². The lowest BCUT2D eigenvalue weighted by molar-refractivity contribution is -0.661. The van der Waals surface area contributed by atoms with Crippen molar-refractivity contribution in [2.24, 2.45) is 7.05 Å². The lowest BCUT2D eigenvalue weighted by Crippen LogP contribution is -2.44. The molecule has 0 aliphatic rings. The van der Waals surface area contributed by atoms with Crippen molar-refractivity contribution in [2.45, 2.75) is 26.6 Å². The van der Waals surface area contributed by atoms with Crippen molar-refractivity contribution >= 4 is 46.0 Å². The van der Waals surface area contributed by atoms with Crippen LogP contribution < -0.4 is 9.75 Å². The third-order valence-electron chi connectivity index (χ3n) is 7.32. The second-order valence-corrected chi connectivity index (χ2v) is 15.9. The molecule has 5 heteroatoms. The average Bonchev–Trinajstić information content (AvgIpc) is 3.22. The minimum absolute atomic E-state index is 0.180. The first-order valence-corrected chi connectivity index (χ1v) is 16.0. The highest BCUT2D eigenvalue weighted by Gasteiger charge is 2.29. The van der Waals surface area contributed by atoms with Gasteiger partial charge in [0.2, 0.25) is 11.9 Å². The van der Waals surface area contributed by atoms with E-state index in [1.807, 2.05) is 73.1 Å². The van der Waals surface area contributed by atoms with E-state index in [1.54, 1.807) is 12.3 Å². The molecule has 0 atom stereocenters. The van der Waals surface area contributed by atoms with Crippen molar-refractivity contribution in [1.82, 2.24) is 0 Å². The summed E-state index contributed by atoms with van der Waals surface area (Å²) in [7, 11) is -0.0812. The summed E-state index contributed by atoms with van der Waals surface area (Å²) >= 11 is 0. The van der Waals surface area contributed by atoms with Crippen LogP contribution in [0.2, 0.25) is 19.6 Å². The van der Waals surface area contributed by atoms with Gasteiger partial charge in [0.1, 0.15) is 24.0 Å². The Bertz CT molecular complexity index is 1860. The molecule has 4 aromatic carbocycles. The van der Waals surface area contributed by atoms with Gasteiger partial charge >= 0.3 is 0 Å². The first-order valence-electron chi connectivity index (χ1n) is 12.5. The summed E-state index contributed by atoms with van der Waals surface area (Å²) in [5.74, 6) is -0.505. The number of pyridine rings is 1. The smallest absolute Gasteiger partial charge is 0.216 e. The van der Waals surface area contributed by atoms with Crippen LogP contribution in [0, 0.1) is 18.6 Å². The Balaban J connectivity index is 1.71. The topological polar surface area (TPSA) is 17.0 Å². The molecule has 0 spiro atoms. The average molecular weight is 509 g/mol. The number of furan rings is 1. The molecule has 0 N–H and O–H groups in total. The van der Waals surface area contributed by atoms with Crippen molar-refractivity contribution < 1.29 is 17.8 Å². The van der Waals surface area contributed by atoms with Crippen LogP contribution in [0.5, 0.6) is 0 Å². The molecule has 0 saturated heterocycles. The molecular formula is C32H28F2NOSi+. The molecule has 0 radical (unpaired) electrons. The number of hydrogen-bond donors (Lipinski definition) is 0. The van der Waals surface area contributed by atoms with Crippen LogP contribution in [0.4, 0.5) is 8.78 Å². The van der Waals surface area contributed by atoms with Crippen LogP contribution in [0.1, 0.15) is 5.56 Å². The highest BCUT2D eigenvalue weighted by Crippen LogP contribution is 2.43. The Morgan fingerprint density at radius 1 is 0.730 bits per heavy atom. The van der Waals surface area contributed by atoms with Crippen molar-refractivity contribution in [3.63, 3.8) is 0 Å². The Hall–Kier alpha value is -3.83. The maximum Gasteiger partial charge on any atom is 0.216 e. The van der Waals surface area contributed by atoms with Gasteiger partial charge in [0.05, 0.1) is 19.2 Å². The quantitative estimate of drug-likeness (QED) is 0.175. The lowest BCUT2D eigenvalue weighted by atomic mass is 9.95. The van der Waals surface area contributed by atoms with E-state index >= 15 is 4.39 Å². The highest BCUT2D eigenvalue weighted by atomic mass is 28.3. The van der Waals surface area contributed by atoms with Gasteiger partial charge in [0.25, 0.3) is 0 Å². The van der Waals surface area contributed by atoms with Crippen LogP contribution in [0.15, 0.2) is 83.4 Å². The summed E-state index contributed by atoms with van der Waals surface area (Å²) < 4.78 is 39.0. The van der Waals surface area contributed by atoms with Gasteiger partial charge in [-0.2, -0.15) is 4.57 Å². The van der Waals surface area contributed by atoms with Gasteiger partial charge < -0.3 is 4.42 Å². The molecule has 6 aromatic rings. The first kappa shape index (κ1) is 23.6. The van der Waals surface area contributed by atoms with Gasteiger partial charge in [0.15, 0.2) is 5.82 Å². The second-order valence-electron chi connectivity index (χ2n) is 10.8. The minimum atomic E-state index is -1.94. The molecule has 0 fully saturated rings. The molecule has 184 valence electrons. The third-order valence-corrected chi connectivity index (χ3v) is 9.31. The van der Waals surface area contributed by atoms with Gasteiger partial charge in [-0.3, -0.25) is 0 Å². The summed E-state index contributed by atoms with van der Waals surface area (Å²) in [5.41, 5.74) is 5.27. The van der Waals surface area contributed by atoms with Gasteiger partial charge in [-0.25, -0.2) is 8.78 Å². The number of hydrogen-bond acceptors (Lipinski definition) is 1. The number of benzene rings is 4. The number of fused-ring (bicyclic) bond motifs is 4. The first-order chi connectivity index (χ1) is 17.6. The minimum Gasteiger partial charge on any atom is -0.454 e. The summed E-state index contributed by atoms with van der Waals surface area (Å²) in [5, 5.41) is 4.56. The van der Waals surface area contributed by atoms with Crippen LogP contribution >= 0.6 is 0 Å². The molecule has 2 heterocycles. The van der Waals surface area contributed by atoms with E-state index in [2.05, 4.69) is 25.7 Å². The molecule has 0 aliphatic heterocycles. The zero-order valence-corrected chi connectivity index (χ0v) is 22.6. The van der Waals surface area contributed by atoms with Crippen molar-refractivity contribution in [3.8, 4) is 22.4 Å². The van der Waals surface area contributed by atoms with Gasteiger partial charge in [-0.1, -0.05) is 74.2 Å². The predicted molar refractivity (Wildman–Crippen MR) is 151 cm³/mol. The monoisotopic (exact) mass is 508 g/mol. The molecule has 2 nitrogen and oxygen atoms in total. The van der Waals surface area contributed by atoms with Gasteiger partial charge in [-0.15, -0.1) is 0 Å². The molecule has 0 saturated carbocycles. The molecule has 37 heavy (non-hydrogen) atoms. The normalized spacial score (nSPS) is 12.2. The number of rotatable bonds is 3. The largest absolute Gasteiger partial charge is 0.454 e. The van der Waals surface area contributed by atoms with Crippen LogP contribution in [-0.4, -0.2) is 8.07 Å². The Kier molecular flexibility index (Phi) is 5.32. The van der Waals surface area contributed by atoms with Crippen LogP contribution in [0.25, 0.3) is 55.1 Å². The van der Waals surface area contributed by atoms with Gasteiger partial charge in [0, 0.05) is 16.8 Å². The fourth-order valence-electron chi connectivity index (χ4n) is 5.43. The zero-order chi connectivity index (χ0) is 26.1. The number of halogens is 2. The Morgan fingerprint density at radius 2 is 1.41 bits per heavy atom. The van der Waals surface area contributed by atoms with Crippen molar-refractivity contribution in [2.75, 3.05) is 0 Å². The van der Waals surface area contributed by atoms with E-state index in [0.717, 1.165) is 49.1 Å². The standard InChI is InChI=1S/C32H28F2NOSi/c1-19-13-14-23-24-15-16-25(33)30(22-12-8-10-20-9-6-7-11-21(20)22)32(24)36-31(23)29(19)27-17-28(37(3,4)5)26(34)18-35(27)2/h6-18H,1-5H3/q+1. The number of aromatic nitrogens is 1. The SMILES string of the molecule is Cc1ccc2c(oc3c(-c4cccc5ccccc45)c(F)ccc32)c1-c1cc([Si](C)(C)C)c(F)c[n+]1C. The van der Waals surface area contributed by atoms with Crippen LogP contribution in [0.3, 0.4) is 0 Å². The Morgan fingerprint density at radius 3 is 2.16 bits per heavy atom. The van der Waals surface area contributed by atoms with E-state index in [-0.39, 0.29) is 11.6 Å². The fourth-order valence-corrected chi connectivity index (χ4v) is 6.78. The predicted octanol–water partition coefficient (Wildman–Crippen LogP) is 8.03. The van der Waals surface area contributed by atoms with Gasteiger partial charge in [-0.05, 0) is 46.1 Å². The highest BCUT2D eigenvalue weighted by molar-refractivity contribution is 6.88. The fraction of sp³-hybridized carbons (Fsp3) is 0.156. The molecule has 2 aromatic heterocycles. The van der Waals surface area contributed by atoms with Crippen molar-refractivity contribution in [3.05, 3.63) is 96.2 Å². The maximum absolute atomic E-state index is 15.6. The molecule has 0 amide bonds. The maximum atomic E-state index is 15.6. The summed E-state index contributed by atoms with van der Waals surface area (Å²) in [6, 6.07) is 23.3. The Labute approximate surface area is 215 Å². The lowest BCUT2D eigenvalue weighted by Gasteiger charge is -2.17. The second kappa shape index (κ2) is 8.35. The zero-order valence-electron chi connectivity index (χ0n) is 21.6. The van der Waals surface area contributed by atoms with E-state index in [1.165, 1.54) is 6.07 Å². The molecule has 0 unspecified atom stereocenters. The van der Waals surface area contributed by atoms with E-state index in [4.69, 9.17) is 4.42 Å². The molecule has 0 bridgehead atoms. The van der Waals surface area contributed by atoms with E-state index < -0.39 is 8.07 Å². The molecule has 6 rings (SSSR count). The number of nitrogens with zero attached hydrogens (tertiary/aromatic N) is 1. The van der Waals surface area contributed by atoms with E-state index in [9.17, 15) is 4.39 Å². The summed E-state index contributed by atoms with van der Waals surface area (Å²) in [6.07, 6.45) is 1.56. The third kappa shape index (κ3) is 3.68. The van der Waals surface area contributed by atoms with Crippen LogP contribution in [-0.2, 0) is 7.05 Å². The summed E-state index contributed by atoms with van der Waals surface area (Å²) in [4.78, 5) is 0. The number of aryl methyl sites for hydroxylation is 2. The van der Waals surface area contributed by atoms with E-state index in [0.29, 0.717) is 16.7 Å².